The Kier molecular flexibility index (Phi) is 5.64. The van der Waals surface area contributed by atoms with Crippen molar-refractivity contribution in [2.45, 2.75) is 19.4 Å². The standard InChI is InChI=1S/C14H21NO5/c1-5-15-14(2,13(16)17)9-20-12-10(18-3)7-6-8-11(12)19-4/h6-8,15H,5,9H2,1-4H3,(H,16,17). The lowest BCUT2D eigenvalue weighted by Crippen LogP contribution is -2.53. The number of para-hydroxylation sites is 1. The highest BCUT2D eigenvalue weighted by molar-refractivity contribution is 5.78. The summed E-state index contributed by atoms with van der Waals surface area (Å²) in [6, 6.07) is 5.22. The molecule has 0 aliphatic rings. The normalized spacial score (nSPS) is 13.4. The molecule has 1 rings (SSSR count). The van der Waals surface area contributed by atoms with E-state index in [2.05, 4.69) is 5.32 Å². The molecule has 6 heteroatoms. The van der Waals surface area contributed by atoms with Crippen molar-refractivity contribution in [1.82, 2.24) is 5.32 Å². The van der Waals surface area contributed by atoms with Crippen molar-refractivity contribution in [3.8, 4) is 17.2 Å². The van der Waals surface area contributed by atoms with Gasteiger partial charge in [-0.1, -0.05) is 13.0 Å². The van der Waals surface area contributed by atoms with Crippen molar-refractivity contribution in [1.29, 1.82) is 0 Å². The summed E-state index contributed by atoms with van der Waals surface area (Å²) in [5.74, 6) is 0.401. The minimum atomic E-state index is -1.18. The lowest BCUT2D eigenvalue weighted by atomic mass is 10.0. The maximum absolute atomic E-state index is 11.3. The zero-order valence-electron chi connectivity index (χ0n) is 12.2. The maximum atomic E-state index is 11.3. The summed E-state index contributed by atoms with van der Waals surface area (Å²) in [6.45, 7) is 3.88. The van der Waals surface area contributed by atoms with E-state index in [-0.39, 0.29) is 6.61 Å². The van der Waals surface area contributed by atoms with Crippen LogP contribution in [0.1, 0.15) is 13.8 Å². The summed E-state index contributed by atoms with van der Waals surface area (Å²) in [5.41, 5.74) is -1.18. The largest absolute Gasteiger partial charge is 0.493 e. The highest BCUT2D eigenvalue weighted by Gasteiger charge is 2.33. The molecule has 20 heavy (non-hydrogen) atoms. The zero-order chi connectivity index (χ0) is 15.2. The summed E-state index contributed by atoms with van der Waals surface area (Å²) in [7, 11) is 3.03. The van der Waals surface area contributed by atoms with Crippen LogP contribution in [0.2, 0.25) is 0 Å². The van der Waals surface area contributed by atoms with Gasteiger partial charge in [0.1, 0.15) is 12.1 Å². The summed E-state index contributed by atoms with van der Waals surface area (Å²) in [4.78, 5) is 11.3. The van der Waals surface area contributed by atoms with Gasteiger partial charge >= 0.3 is 5.97 Å². The van der Waals surface area contributed by atoms with Gasteiger partial charge in [-0.15, -0.1) is 0 Å². The maximum Gasteiger partial charge on any atom is 0.327 e. The lowest BCUT2D eigenvalue weighted by Gasteiger charge is -2.26. The van der Waals surface area contributed by atoms with Crippen molar-refractivity contribution >= 4 is 5.97 Å². The number of ether oxygens (including phenoxy) is 3. The average Bonchev–Trinajstić information content (AvgIpc) is 2.44. The minimum Gasteiger partial charge on any atom is -0.493 e. The number of rotatable bonds is 8. The number of likely N-dealkylation sites (N-methyl/N-ethyl adjacent to an activating group) is 1. The van der Waals surface area contributed by atoms with E-state index in [9.17, 15) is 9.90 Å². The van der Waals surface area contributed by atoms with Crippen LogP contribution in [0.25, 0.3) is 0 Å². The number of nitrogens with one attached hydrogen (secondary N) is 1. The van der Waals surface area contributed by atoms with Crippen LogP contribution in [0.3, 0.4) is 0 Å². The number of aliphatic carboxylic acids is 1. The molecule has 0 saturated carbocycles. The van der Waals surface area contributed by atoms with Crippen LogP contribution in [-0.2, 0) is 4.79 Å². The second kappa shape index (κ2) is 7.00. The Morgan fingerprint density at radius 1 is 1.30 bits per heavy atom. The van der Waals surface area contributed by atoms with Gasteiger partial charge in [-0.3, -0.25) is 10.1 Å². The molecular formula is C14H21NO5. The fraction of sp³-hybridized carbons (Fsp3) is 0.500. The van der Waals surface area contributed by atoms with Gasteiger partial charge in [0.25, 0.3) is 0 Å². The first-order valence-electron chi connectivity index (χ1n) is 6.30. The molecule has 0 amide bonds. The fourth-order valence-electron chi connectivity index (χ4n) is 1.75. The molecule has 0 saturated heterocycles. The van der Waals surface area contributed by atoms with Crippen LogP contribution >= 0.6 is 0 Å². The Hall–Kier alpha value is -1.95. The Bertz CT molecular complexity index is 441. The van der Waals surface area contributed by atoms with E-state index >= 15 is 0 Å². The zero-order valence-corrected chi connectivity index (χ0v) is 12.2. The highest BCUT2D eigenvalue weighted by Crippen LogP contribution is 2.37. The van der Waals surface area contributed by atoms with Gasteiger partial charge in [0, 0.05) is 0 Å². The van der Waals surface area contributed by atoms with Crippen molar-refractivity contribution < 1.29 is 24.1 Å². The quantitative estimate of drug-likeness (QED) is 0.753. The van der Waals surface area contributed by atoms with Gasteiger partial charge in [-0.2, -0.15) is 0 Å². The van der Waals surface area contributed by atoms with Crippen LogP contribution in [0, 0.1) is 0 Å². The third kappa shape index (κ3) is 3.54. The van der Waals surface area contributed by atoms with Gasteiger partial charge in [-0.25, -0.2) is 0 Å². The predicted molar refractivity (Wildman–Crippen MR) is 74.8 cm³/mol. The molecule has 0 aliphatic carbocycles. The second-order valence-electron chi connectivity index (χ2n) is 4.45. The second-order valence-corrected chi connectivity index (χ2v) is 4.45. The molecule has 112 valence electrons. The molecule has 1 unspecified atom stereocenters. The number of benzene rings is 1. The number of carboxylic acid groups (broad SMARTS) is 1. The minimum absolute atomic E-state index is 0.0487. The Balaban J connectivity index is 2.95. The predicted octanol–water partition coefficient (Wildman–Crippen LogP) is 1.54. The molecule has 1 aromatic carbocycles. The SMILES string of the molecule is CCNC(C)(COc1c(OC)cccc1OC)C(=O)O. The van der Waals surface area contributed by atoms with Crippen LogP contribution in [-0.4, -0.2) is 44.0 Å². The molecule has 0 spiro atoms. The van der Waals surface area contributed by atoms with Gasteiger partial charge in [0.05, 0.1) is 14.2 Å². The smallest absolute Gasteiger partial charge is 0.327 e. The van der Waals surface area contributed by atoms with Crippen LogP contribution in [0.15, 0.2) is 18.2 Å². The van der Waals surface area contributed by atoms with E-state index in [0.29, 0.717) is 23.8 Å². The number of hydrogen-bond acceptors (Lipinski definition) is 5. The Labute approximate surface area is 118 Å². The number of hydrogen-bond donors (Lipinski definition) is 2. The van der Waals surface area contributed by atoms with Gasteiger partial charge in [0.2, 0.25) is 5.75 Å². The summed E-state index contributed by atoms with van der Waals surface area (Å²) >= 11 is 0. The summed E-state index contributed by atoms with van der Waals surface area (Å²) in [5, 5.41) is 12.2. The van der Waals surface area contributed by atoms with Gasteiger partial charge < -0.3 is 19.3 Å². The van der Waals surface area contributed by atoms with Crippen molar-refractivity contribution in [3.63, 3.8) is 0 Å². The molecule has 0 bridgehead atoms. The van der Waals surface area contributed by atoms with E-state index in [1.54, 1.807) is 25.1 Å². The molecule has 0 aliphatic heterocycles. The van der Waals surface area contributed by atoms with E-state index in [1.165, 1.54) is 14.2 Å². The number of carbonyl (C=O) groups is 1. The monoisotopic (exact) mass is 283 g/mol. The fourth-order valence-corrected chi connectivity index (χ4v) is 1.75. The Morgan fingerprint density at radius 3 is 2.25 bits per heavy atom. The van der Waals surface area contributed by atoms with E-state index in [1.807, 2.05) is 6.92 Å². The van der Waals surface area contributed by atoms with E-state index in [4.69, 9.17) is 14.2 Å². The molecule has 6 nitrogen and oxygen atoms in total. The topological polar surface area (TPSA) is 77.0 Å². The van der Waals surface area contributed by atoms with Crippen molar-refractivity contribution in [2.24, 2.45) is 0 Å². The first-order chi connectivity index (χ1) is 9.48. The first kappa shape index (κ1) is 16.1. The van der Waals surface area contributed by atoms with Crippen molar-refractivity contribution in [2.75, 3.05) is 27.4 Å². The van der Waals surface area contributed by atoms with Gasteiger partial charge in [0.15, 0.2) is 11.5 Å². The van der Waals surface area contributed by atoms with Gasteiger partial charge in [-0.05, 0) is 25.6 Å². The molecule has 2 N–H and O–H groups in total. The summed E-state index contributed by atoms with van der Waals surface area (Å²) in [6.07, 6.45) is 0. The molecule has 0 fully saturated rings. The Morgan fingerprint density at radius 2 is 1.85 bits per heavy atom. The average molecular weight is 283 g/mol. The molecule has 1 atom stereocenters. The molecule has 0 heterocycles. The third-order valence-corrected chi connectivity index (χ3v) is 2.93. The molecule has 1 aromatic rings. The molecular weight excluding hydrogens is 262 g/mol. The van der Waals surface area contributed by atoms with E-state index in [0.717, 1.165) is 0 Å². The summed E-state index contributed by atoms with van der Waals surface area (Å²) < 4.78 is 16.0. The lowest BCUT2D eigenvalue weighted by molar-refractivity contribution is -0.145. The third-order valence-electron chi connectivity index (χ3n) is 2.93. The number of methoxy groups -OCH3 is 2. The number of carboxylic acids is 1. The molecule has 0 aromatic heterocycles. The van der Waals surface area contributed by atoms with E-state index < -0.39 is 11.5 Å². The van der Waals surface area contributed by atoms with Crippen LogP contribution in [0.5, 0.6) is 17.2 Å². The first-order valence-corrected chi connectivity index (χ1v) is 6.30. The van der Waals surface area contributed by atoms with Crippen molar-refractivity contribution in [3.05, 3.63) is 18.2 Å². The highest BCUT2D eigenvalue weighted by atomic mass is 16.5. The van der Waals surface area contributed by atoms with Crippen LogP contribution in [0.4, 0.5) is 0 Å². The van der Waals surface area contributed by atoms with Crippen LogP contribution < -0.4 is 19.5 Å². The molecule has 0 radical (unpaired) electrons.